The fourth-order valence-electron chi connectivity index (χ4n) is 2.71. The van der Waals surface area contributed by atoms with Crippen LogP contribution < -0.4 is 0 Å². The Hall–Kier alpha value is -1.42. The van der Waals surface area contributed by atoms with E-state index < -0.39 is 0 Å². The van der Waals surface area contributed by atoms with E-state index in [0.717, 1.165) is 19.5 Å². The Morgan fingerprint density at radius 2 is 2.32 bits per heavy atom. The van der Waals surface area contributed by atoms with Crippen molar-refractivity contribution in [1.82, 2.24) is 9.88 Å². The van der Waals surface area contributed by atoms with Gasteiger partial charge < -0.3 is 4.74 Å². The fraction of sp³-hybridized carbons (Fsp3) is 0.600. The van der Waals surface area contributed by atoms with E-state index in [1.807, 2.05) is 12.4 Å². The number of hydrogen-bond donors (Lipinski definition) is 0. The molecule has 1 aliphatic heterocycles. The molecule has 4 nitrogen and oxygen atoms in total. The lowest BCUT2D eigenvalue weighted by Crippen LogP contribution is -2.40. The molecule has 1 aromatic heterocycles. The van der Waals surface area contributed by atoms with Gasteiger partial charge in [0.15, 0.2) is 0 Å². The normalized spacial score (nSPS) is 20.2. The topological polar surface area (TPSA) is 42.4 Å². The van der Waals surface area contributed by atoms with Gasteiger partial charge in [0.2, 0.25) is 0 Å². The number of pyridine rings is 1. The van der Waals surface area contributed by atoms with Crippen molar-refractivity contribution in [3.8, 4) is 0 Å². The van der Waals surface area contributed by atoms with Crippen molar-refractivity contribution in [2.75, 3.05) is 13.7 Å². The molecule has 4 heteroatoms. The van der Waals surface area contributed by atoms with Gasteiger partial charge in [0, 0.05) is 25.0 Å². The lowest BCUT2D eigenvalue weighted by atomic mass is 9.98. The zero-order valence-corrected chi connectivity index (χ0v) is 11.8. The van der Waals surface area contributed by atoms with Gasteiger partial charge in [0.05, 0.1) is 13.5 Å². The highest BCUT2D eigenvalue weighted by Crippen LogP contribution is 2.22. The predicted molar refractivity (Wildman–Crippen MR) is 73.7 cm³/mol. The number of carbonyl (C=O) groups excluding carboxylic acids is 1. The molecule has 2 rings (SSSR count). The molecule has 1 atom stereocenters. The minimum absolute atomic E-state index is 0.112. The van der Waals surface area contributed by atoms with Gasteiger partial charge in [0.25, 0.3) is 0 Å². The molecule has 19 heavy (non-hydrogen) atoms. The van der Waals surface area contributed by atoms with Crippen LogP contribution in [0.4, 0.5) is 0 Å². The van der Waals surface area contributed by atoms with Crippen molar-refractivity contribution in [2.45, 2.75) is 45.2 Å². The Balaban J connectivity index is 2.01. The van der Waals surface area contributed by atoms with E-state index in [-0.39, 0.29) is 5.97 Å². The fourth-order valence-corrected chi connectivity index (χ4v) is 2.71. The highest BCUT2D eigenvalue weighted by Gasteiger charge is 2.25. The van der Waals surface area contributed by atoms with Gasteiger partial charge >= 0.3 is 5.97 Å². The van der Waals surface area contributed by atoms with Crippen LogP contribution >= 0.6 is 0 Å². The lowest BCUT2D eigenvalue weighted by molar-refractivity contribution is -0.142. The Labute approximate surface area is 114 Å². The summed E-state index contributed by atoms with van der Waals surface area (Å²) in [7, 11) is 1.46. The van der Waals surface area contributed by atoms with Gasteiger partial charge in [-0.2, -0.15) is 0 Å². The summed E-state index contributed by atoms with van der Waals surface area (Å²) in [5.41, 5.74) is 2.40. The standard InChI is InChI=1S/C15H22N2O2/c1-12-7-13(10-16-9-12)11-17-6-4-3-5-14(17)8-15(18)19-2/h7,9-10,14H,3-6,8,11H2,1-2H3. The molecule has 0 amide bonds. The number of aryl methyl sites for hydroxylation is 1. The maximum absolute atomic E-state index is 11.5. The number of aromatic nitrogens is 1. The van der Waals surface area contributed by atoms with Crippen LogP contribution in [-0.2, 0) is 16.1 Å². The van der Waals surface area contributed by atoms with Crippen LogP contribution in [0.1, 0.15) is 36.8 Å². The molecule has 1 aliphatic rings. The molecule has 1 aromatic rings. The summed E-state index contributed by atoms with van der Waals surface area (Å²) >= 11 is 0. The van der Waals surface area contributed by atoms with E-state index in [1.54, 1.807) is 0 Å². The number of piperidine rings is 1. The van der Waals surface area contributed by atoms with Gasteiger partial charge in [-0.3, -0.25) is 14.7 Å². The van der Waals surface area contributed by atoms with E-state index in [2.05, 4.69) is 22.9 Å². The average molecular weight is 262 g/mol. The first-order valence-electron chi connectivity index (χ1n) is 6.90. The Kier molecular flexibility index (Phi) is 4.91. The first-order valence-corrected chi connectivity index (χ1v) is 6.90. The van der Waals surface area contributed by atoms with Gasteiger partial charge in [-0.15, -0.1) is 0 Å². The molecule has 0 bridgehead atoms. The molecule has 0 aliphatic carbocycles. The van der Waals surface area contributed by atoms with E-state index in [1.165, 1.54) is 31.1 Å². The van der Waals surface area contributed by atoms with E-state index in [0.29, 0.717) is 12.5 Å². The molecular weight excluding hydrogens is 240 g/mol. The largest absolute Gasteiger partial charge is 0.469 e. The van der Waals surface area contributed by atoms with E-state index >= 15 is 0 Å². The van der Waals surface area contributed by atoms with Gasteiger partial charge in [0.1, 0.15) is 0 Å². The highest BCUT2D eigenvalue weighted by atomic mass is 16.5. The SMILES string of the molecule is COC(=O)CC1CCCCN1Cc1cncc(C)c1. The van der Waals surface area contributed by atoms with Gasteiger partial charge in [-0.05, 0) is 37.4 Å². The summed E-state index contributed by atoms with van der Waals surface area (Å²) in [4.78, 5) is 18.1. The van der Waals surface area contributed by atoms with Crippen molar-refractivity contribution in [1.29, 1.82) is 0 Å². The van der Waals surface area contributed by atoms with Crippen LogP contribution in [0, 0.1) is 6.92 Å². The zero-order chi connectivity index (χ0) is 13.7. The first-order chi connectivity index (χ1) is 9.19. The van der Waals surface area contributed by atoms with Crippen LogP contribution in [0.25, 0.3) is 0 Å². The third kappa shape index (κ3) is 4.03. The minimum Gasteiger partial charge on any atom is -0.469 e. The molecule has 1 fully saturated rings. The number of ether oxygens (including phenoxy) is 1. The number of hydrogen-bond acceptors (Lipinski definition) is 4. The lowest BCUT2D eigenvalue weighted by Gasteiger charge is -2.35. The van der Waals surface area contributed by atoms with Crippen molar-refractivity contribution in [2.24, 2.45) is 0 Å². The number of nitrogens with zero attached hydrogens (tertiary/aromatic N) is 2. The Morgan fingerprint density at radius 3 is 3.05 bits per heavy atom. The summed E-state index contributed by atoms with van der Waals surface area (Å²) in [5, 5.41) is 0. The molecule has 0 aromatic carbocycles. The summed E-state index contributed by atoms with van der Waals surface area (Å²) in [6.07, 6.45) is 7.76. The second-order valence-electron chi connectivity index (χ2n) is 5.27. The molecular formula is C15H22N2O2. The molecule has 1 saturated heterocycles. The molecule has 2 heterocycles. The van der Waals surface area contributed by atoms with Crippen molar-refractivity contribution in [3.63, 3.8) is 0 Å². The first kappa shape index (κ1) is 14.0. The monoisotopic (exact) mass is 262 g/mol. The van der Waals surface area contributed by atoms with Gasteiger partial charge in [-0.1, -0.05) is 12.5 Å². The molecule has 1 unspecified atom stereocenters. The van der Waals surface area contributed by atoms with Crippen LogP contribution in [-0.4, -0.2) is 35.5 Å². The van der Waals surface area contributed by atoms with Crippen LogP contribution in [0.2, 0.25) is 0 Å². The van der Waals surface area contributed by atoms with Crippen molar-refractivity contribution >= 4 is 5.97 Å². The third-order valence-electron chi connectivity index (χ3n) is 3.70. The number of carbonyl (C=O) groups is 1. The molecule has 0 radical (unpaired) electrons. The van der Waals surface area contributed by atoms with Crippen LogP contribution in [0.3, 0.4) is 0 Å². The number of rotatable bonds is 4. The maximum Gasteiger partial charge on any atom is 0.307 e. The number of methoxy groups -OCH3 is 1. The highest BCUT2D eigenvalue weighted by molar-refractivity contribution is 5.69. The maximum atomic E-state index is 11.5. The van der Waals surface area contributed by atoms with E-state index in [9.17, 15) is 4.79 Å². The summed E-state index contributed by atoms with van der Waals surface area (Å²) < 4.78 is 4.79. The second-order valence-corrected chi connectivity index (χ2v) is 5.27. The zero-order valence-electron chi connectivity index (χ0n) is 11.8. The number of esters is 1. The summed E-state index contributed by atoms with van der Waals surface area (Å²) in [6.45, 7) is 3.98. The second kappa shape index (κ2) is 6.66. The van der Waals surface area contributed by atoms with Gasteiger partial charge in [-0.25, -0.2) is 0 Å². The third-order valence-corrected chi connectivity index (χ3v) is 3.70. The molecule has 0 N–H and O–H groups in total. The molecule has 0 saturated carbocycles. The summed E-state index contributed by atoms with van der Waals surface area (Å²) in [6, 6.07) is 2.47. The molecule has 0 spiro atoms. The van der Waals surface area contributed by atoms with Crippen molar-refractivity contribution < 1.29 is 9.53 Å². The van der Waals surface area contributed by atoms with Crippen LogP contribution in [0.15, 0.2) is 18.5 Å². The minimum atomic E-state index is -0.112. The van der Waals surface area contributed by atoms with Crippen LogP contribution in [0.5, 0.6) is 0 Å². The summed E-state index contributed by atoms with van der Waals surface area (Å²) in [5.74, 6) is -0.112. The van der Waals surface area contributed by atoms with E-state index in [4.69, 9.17) is 4.74 Å². The number of likely N-dealkylation sites (tertiary alicyclic amines) is 1. The smallest absolute Gasteiger partial charge is 0.307 e. The molecule has 104 valence electrons. The quantitative estimate of drug-likeness (QED) is 0.781. The Bertz CT molecular complexity index is 434. The average Bonchev–Trinajstić information content (AvgIpc) is 2.41. The Morgan fingerprint density at radius 1 is 1.47 bits per heavy atom. The van der Waals surface area contributed by atoms with Crippen molar-refractivity contribution in [3.05, 3.63) is 29.6 Å². The predicted octanol–water partition coefficient (Wildman–Crippen LogP) is 2.31.